The van der Waals surface area contributed by atoms with E-state index in [0.717, 1.165) is 12.8 Å². The Bertz CT molecular complexity index is 93.1. The number of rotatable bonds is 4. The standard InChI is InChI=1S/C6H12O2S/c1-2-3-5(9)4-6(7)8/h5,9H,2-4H2,1H3,(H,7,8). The van der Waals surface area contributed by atoms with Crippen LogP contribution in [-0.2, 0) is 4.79 Å². The van der Waals surface area contributed by atoms with E-state index in [1.807, 2.05) is 6.92 Å². The van der Waals surface area contributed by atoms with Crippen LogP contribution in [0.25, 0.3) is 0 Å². The Morgan fingerprint density at radius 1 is 1.78 bits per heavy atom. The zero-order valence-electron chi connectivity index (χ0n) is 5.50. The third kappa shape index (κ3) is 5.69. The summed E-state index contributed by atoms with van der Waals surface area (Å²) in [6.07, 6.45) is 2.06. The van der Waals surface area contributed by atoms with Crippen molar-refractivity contribution in [1.29, 1.82) is 0 Å². The molecule has 9 heavy (non-hydrogen) atoms. The van der Waals surface area contributed by atoms with Gasteiger partial charge in [-0.25, -0.2) is 0 Å². The molecule has 0 amide bonds. The minimum Gasteiger partial charge on any atom is -0.481 e. The highest BCUT2D eigenvalue weighted by Gasteiger charge is 2.05. The fourth-order valence-electron chi connectivity index (χ4n) is 0.637. The summed E-state index contributed by atoms with van der Waals surface area (Å²) in [5.74, 6) is -0.761. The fraction of sp³-hybridized carbons (Fsp3) is 0.833. The Morgan fingerprint density at radius 3 is 2.67 bits per heavy atom. The van der Waals surface area contributed by atoms with Gasteiger partial charge in [-0.2, -0.15) is 12.6 Å². The number of hydrogen-bond donors (Lipinski definition) is 2. The lowest BCUT2D eigenvalue weighted by Crippen LogP contribution is -2.06. The third-order valence-electron chi connectivity index (χ3n) is 1.03. The topological polar surface area (TPSA) is 37.3 Å². The molecule has 0 aromatic carbocycles. The van der Waals surface area contributed by atoms with E-state index in [2.05, 4.69) is 12.6 Å². The van der Waals surface area contributed by atoms with E-state index < -0.39 is 5.97 Å². The number of hydrogen-bond acceptors (Lipinski definition) is 2. The summed E-state index contributed by atoms with van der Waals surface area (Å²) in [5.41, 5.74) is 0. The molecule has 0 fully saturated rings. The number of thiol groups is 1. The first-order valence-electron chi connectivity index (χ1n) is 3.06. The Hall–Kier alpha value is -0.180. The minimum atomic E-state index is -0.761. The molecule has 1 N–H and O–H groups in total. The van der Waals surface area contributed by atoms with Crippen LogP contribution in [0.5, 0.6) is 0 Å². The molecule has 54 valence electrons. The summed E-state index contributed by atoms with van der Waals surface area (Å²) in [6, 6.07) is 0. The molecule has 0 saturated carbocycles. The molecule has 0 aromatic rings. The molecule has 0 aromatic heterocycles. The maximum absolute atomic E-state index is 10.0. The summed E-state index contributed by atoms with van der Waals surface area (Å²) in [6.45, 7) is 2.02. The monoisotopic (exact) mass is 148 g/mol. The molecule has 0 spiro atoms. The first-order valence-corrected chi connectivity index (χ1v) is 3.58. The molecule has 0 rings (SSSR count). The predicted molar refractivity (Wildman–Crippen MR) is 39.9 cm³/mol. The second-order valence-electron chi connectivity index (χ2n) is 2.04. The summed E-state index contributed by atoms with van der Waals surface area (Å²) >= 11 is 4.07. The van der Waals surface area contributed by atoms with Gasteiger partial charge in [-0.05, 0) is 6.42 Å². The molecule has 0 saturated heterocycles. The van der Waals surface area contributed by atoms with E-state index in [0.29, 0.717) is 0 Å². The van der Waals surface area contributed by atoms with Gasteiger partial charge < -0.3 is 5.11 Å². The van der Waals surface area contributed by atoms with Gasteiger partial charge >= 0.3 is 5.97 Å². The summed E-state index contributed by atoms with van der Waals surface area (Å²) in [5, 5.41) is 8.30. The van der Waals surface area contributed by atoms with Crippen molar-refractivity contribution in [3.8, 4) is 0 Å². The number of carbonyl (C=O) groups is 1. The molecule has 2 nitrogen and oxygen atoms in total. The Kier molecular flexibility index (Phi) is 4.58. The van der Waals surface area contributed by atoms with Crippen LogP contribution in [0.4, 0.5) is 0 Å². The number of carboxylic acid groups (broad SMARTS) is 1. The van der Waals surface area contributed by atoms with Crippen LogP contribution >= 0.6 is 12.6 Å². The molecular formula is C6H12O2S. The van der Waals surface area contributed by atoms with E-state index in [9.17, 15) is 4.79 Å². The Balaban J connectivity index is 3.26. The predicted octanol–water partition coefficient (Wildman–Crippen LogP) is 1.56. The van der Waals surface area contributed by atoms with Crippen LogP contribution in [0.3, 0.4) is 0 Å². The van der Waals surface area contributed by atoms with Crippen LogP contribution < -0.4 is 0 Å². The number of aliphatic carboxylic acids is 1. The fourth-order valence-corrected chi connectivity index (χ4v) is 1.05. The molecule has 1 unspecified atom stereocenters. The van der Waals surface area contributed by atoms with E-state index in [1.165, 1.54) is 0 Å². The lowest BCUT2D eigenvalue weighted by Gasteiger charge is -2.03. The van der Waals surface area contributed by atoms with Crippen molar-refractivity contribution in [3.05, 3.63) is 0 Å². The first-order chi connectivity index (χ1) is 4.16. The summed E-state index contributed by atoms with van der Waals surface area (Å²) in [4.78, 5) is 10.0. The second-order valence-corrected chi connectivity index (χ2v) is 2.77. The highest BCUT2D eigenvalue weighted by Crippen LogP contribution is 2.07. The van der Waals surface area contributed by atoms with E-state index in [4.69, 9.17) is 5.11 Å². The van der Waals surface area contributed by atoms with Crippen LogP contribution in [0.2, 0.25) is 0 Å². The molecule has 1 atom stereocenters. The molecule has 0 radical (unpaired) electrons. The second kappa shape index (κ2) is 4.68. The van der Waals surface area contributed by atoms with Gasteiger partial charge in [0.1, 0.15) is 0 Å². The molecule has 0 bridgehead atoms. The zero-order valence-corrected chi connectivity index (χ0v) is 6.40. The Labute approximate surface area is 60.7 Å². The highest BCUT2D eigenvalue weighted by atomic mass is 32.1. The van der Waals surface area contributed by atoms with Crippen LogP contribution in [0.1, 0.15) is 26.2 Å². The molecule has 0 aliphatic rings. The maximum atomic E-state index is 10.0. The van der Waals surface area contributed by atoms with Crippen molar-refractivity contribution in [2.24, 2.45) is 0 Å². The van der Waals surface area contributed by atoms with Gasteiger partial charge in [0.25, 0.3) is 0 Å². The van der Waals surface area contributed by atoms with Crippen molar-refractivity contribution < 1.29 is 9.90 Å². The lowest BCUT2D eigenvalue weighted by molar-refractivity contribution is -0.136. The van der Waals surface area contributed by atoms with Crippen molar-refractivity contribution in [1.82, 2.24) is 0 Å². The van der Waals surface area contributed by atoms with Gasteiger partial charge in [-0.15, -0.1) is 0 Å². The van der Waals surface area contributed by atoms with E-state index in [-0.39, 0.29) is 11.7 Å². The van der Waals surface area contributed by atoms with Crippen molar-refractivity contribution >= 4 is 18.6 Å². The van der Waals surface area contributed by atoms with Gasteiger partial charge in [0.2, 0.25) is 0 Å². The smallest absolute Gasteiger partial charge is 0.304 e. The summed E-state index contributed by atoms with van der Waals surface area (Å²) in [7, 11) is 0. The van der Waals surface area contributed by atoms with Crippen molar-refractivity contribution in [2.45, 2.75) is 31.4 Å². The van der Waals surface area contributed by atoms with Gasteiger partial charge in [-0.3, -0.25) is 4.79 Å². The van der Waals surface area contributed by atoms with E-state index >= 15 is 0 Å². The largest absolute Gasteiger partial charge is 0.481 e. The third-order valence-corrected chi connectivity index (χ3v) is 1.47. The van der Waals surface area contributed by atoms with Gasteiger partial charge in [0.05, 0.1) is 6.42 Å². The zero-order chi connectivity index (χ0) is 7.28. The van der Waals surface area contributed by atoms with Crippen molar-refractivity contribution in [3.63, 3.8) is 0 Å². The molecular weight excluding hydrogens is 136 g/mol. The normalized spacial score (nSPS) is 13.1. The van der Waals surface area contributed by atoms with Crippen molar-refractivity contribution in [2.75, 3.05) is 0 Å². The minimum absolute atomic E-state index is 0.0347. The molecule has 0 aliphatic carbocycles. The first kappa shape index (κ1) is 8.82. The lowest BCUT2D eigenvalue weighted by atomic mass is 10.2. The van der Waals surface area contributed by atoms with Crippen LogP contribution in [0, 0.1) is 0 Å². The maximum Gasteiger partial charge on any atom is 0.304 e. The molecule has 3 heteroatoms. The average Bonchev–Trinajstić information content (AvgIpc) is 1.63. The SMILES string of the molecule is CCCC(S)CC(=O)O. The van der Waals surface area contributed by atoms with Crippen LogP contribution in [-0.4, -0.2) is 16.3 Å². The number of carboxylic acids is 1. The average molecular weight is 148 g/mol. The molecule has 0 aliphatic heterocycles. The van der Waals surface area contributed by atoms with Crippen LogP contribution in [0.15, 0.2) is 0 Å². The van der Waals surface area contributed by atoms with E-state index in [1.54, 1.807) is 0 Å². The molecule has 0 heterocycles. The Morgan fingerprint density at radius 2 is 2.33 bits per heavy atom. The quantitative estimate of drug-likeness (QED) is 0.594. The summed E-state index contributed by atoms with van der Waals surface area (Å²) < 4.78 is 0. The van der Waals surface area contributed by atoms with Gasteiger partial charge in [0, 0.05) is 5.25 Å². The van der Waals surface area contributed by atoms with Gasteiger partial charge in [0.15, 0.2) is 0 Å². The van der Waals surface area contributed by atoms with Gasteiger partial charge in [-0.1, -0.05) is 13.3 Å². The highest BCUT2D eigenvalue weighted by molar-refractivity contribution is 7.81.